The molecule has 0 aliphatic rings. The SMILES string of the molecule is CCc1cnc(CNC(=O)C(N)c2ccccc2)s1. The third-order valence-electron chi connectivity index (χ3n) is 2.80. The van der Waals surface area contributed by atoms with Gasteiger partial charge in [-0.05, 0) is 12.0 Å². The Hall–Kier alpha value is -1.72. The molecule has 0 aliphatic carbocycles. The van der Waals surface area contributed by atoms with Gasteiger partial charge < -0.3 is 11.1 Å². The Labute approximate surface area is 116 Å². The monoisotopic (exact) mass is 275 g/mol. The number of nitrogens with two attached hydrogens (primary N) is 1. The quantitative estimate of drug-likeness (QED) is 0.877. The minimum Gasteiger partial charge on any atom is -0.348 e. The van der Waals surface area contributed by atoms with Crippen LogP contribution < -0.4 is 11.1 Å². The van der Waals surface area contributed by atoms with Gasteiger partial charge in [0, 0.05) is 11.1 Å². The molecule has 5 heteroatoms. The number of thiazole rings is 1. The van der Waals surface area contributed by atoms with E-state index in [1.807, 2.05) is 36.5 Å². The van der Waals surface area contributed by atoms with Crippen molar-refractivity contribution in [2.75, 3.05) is 0 Å². The summed E-state index contributed by atoms with van der Waals surface area (Å²) in [5.41, 5.74) is 6.72. The van der Waals surface area contributed by atoms with Crippen LogP contribution in [-0.4, -0.2) is 10.9 Å². The zero-order chi connectivity index (χ0) is 13.7. The number of carbonyl (C=O) groups excluding carboxylic acids is 1. The number of amides is 1. The van der Waals surface area contributed by atoms with Crippen molar-refractivity contribution in [3.8, 4) is 0 Å². The molecule has 100 valence electrons. The molecule has 19 heavy (non-hydrogen) atoms. The topological polar surface area (TPSA) is 68.0 Å². The fraction of sp³-hybridized carbons (Fsp3) is 0.286. The first kappa shape index (κ1) is 13.7. The van der Waals surface area contributed by atoms with Crippen molar-refractivity contribution >= 4 is 17.2 Å². The van der Waals surface area contributed by atoms with Gasteiger partial charge in [0.2, 0.25) is 5.91 Å². The Bertz CT molecular complexity index is 539. The Morgan fingerprint density at radius 2 is 2.16 bits per heavy atom. The summed E-state index contributed by atoms with van der Waals surface area (Å²) in [5.74, 6) is -0.181. The van der Waals surface area contributed by atoms with E-state index in [4.69, 9.17) is 5.73 Å². The molecule has 1 atom stereocenters. The molecule has 0 saturated carbocycles. The molecule has 0 saturated heterocycles. The minimum atomic E-state index is -0.633. The number of hydrogen-bond acceptors (Lipinski definition) is 4. The van der Waals surface area contributed by atoms with Gasteiger partial charge >= 0.3 is 0 Å². The van der Waals surface area contributed by atoms with Crippen molar-refractivity contribution in [2.24, 2.45) is 5.73 Å². The fourth-order valence-corrected chi connectivity index (χ4v) is 2.48. The highest BCUT2D eigenvalue weighted by Gasteiger charge is 2.15. The van der Waals surface area contributed by atoms with Gasteiger partial charge in [0.15, 0.2) is 0 Å². The molecule has 1 aromatic carbocycles. The lowest BCUT2D eigenvalue weighted by molar-refractivity contribution is -0.122. The highest BCUT2D eigenvalue weighted by Crippen LogP contribution is 2.14. The summed E-state index contributed by atoms with van der Waals surface area (Å²) in [5, 5.41) is 3.73. The number of aryl methyl sites for hydroxylation is 1. The van der Waals surface area contributed by atoms with E-state index >= 15 is 0 Å². The molecular weight excluding hydrogens is 258 g/mol. The maximum Gasteiger partial charge on any atom is 0.241 e. The van der Waals surface area contributed by atoms with E-state index in [0.29, 0.717) is 6.54 Å². The van der Waals surface area contributed by atoms with Crippen LogP contribution >= 0.6 is 11.3 Å². The number of nitrogens with one attached hydrogen (secondary N) is 1. The summed E-state index contributed by atoms with van der Waals surface area (Å²) >= 11 is 1.62. The summed E-state index contributed by atoms with van der Waals surface area (Å²) < 4.78 is 0. The molecule has 0 radical (unpaired) electrons. The molecule has 2 aromatic rings. The fourth-order valence-electron chi connectivity index (χ4n) is 1.68. The second-order valence-electron chi connectivity index (χ2n) is 4.18. The zero-order valence-corrected chi connectivity index (χ0v) is 11.6. The van der Waals surface area contributed by atoms with Crippen molar-refractivity contribution in [1.82, 2.24) is 10.3 Å². The molecule has 1 heterocycles. The van der Waals surface area contributed by atoms with Crippen LogP contribution in [0.4, 0.5) is 0 Å². The smallest absolute Gasteiger partial charge is 0.241 e. The van der Waals surface area contributed by atoms with E-state index in [1.165, 1.54) is 4.88 Å². The average Bonchev–Trinajstić information content (AvgIpc) is 2.93. The van der Waals surface area contributed by atoms with E-state index in [9.17, 15) is 4.79 Å². The van der Waals surface area contributed by atoms with Crippen LogP contribution in [0.3, 0.4) is 0 Å². The van der Waals surface area contributed by atoms with E-state index in [2.05, 4.69) is 17.2 Å². The molecule has 0 bridgehead atoms. The van der Waals surface area contributed by atoms with E-state index < -0.39 is 6.04 Å². The van der Waals surface area contributed by atoms with Gasteiger partial charge in [-0.3, -0.25) is 4.79 Å². The predicted octanol–water partition coefficient (Wildman–Crippen LogP) is 2.02. The van der Waals surface area contributed by atoms with E-state index in [-0.39, 0.29) is 5.91 Å². The molecule has 0 aliphatic heterocycles. The minimum absolute atomic E-state index is 0.181. The van der Waals surface area contributed by atoms with Gasteiger partial charge in [-0.25, -0.2) is 4.98 Å². The van der Waals surface area contributed by atoms with Crippen molar-refractivity contribution in [3.63, 3.8) is 0 Å². The molecule has 4 nitrogen and oxygen atoms in total. The third kappa shape index (κ3) is 3.62. The summed E-state index contributed by atoms with van der Waals surface area (Å²) in [4.78, 5) is 17.4. The first-order valence-corrected chi connectivity index (χ1v) is 7.04. The summed E-state index contributed by atoms with van der Waals surface area (Å²) in [6.45, 7) is 2.52. The van der Waals surface area contributed by atoms with Crippen LogP contribution in [0.5, 0.6) is 0 Å². The van der Waals surface area contributed by atoms with E-state index in [0.717, 1.165) is 17.0 Å². The van der Waals surface area contributed by atoms with Gasteiger partial charge in [0.25, 0.3) is 0 Å². The van der Waals surface area contributed by atoms with Gasteiger partial charge in [-0.15, -0.1) is 11.3 Å². The molecular formula is C14H17N3OS. The van der Waals surface area contributed by atoms with Crippen LogP contribution in [0.25, 0.3) is 0 Å². The standard InChI is InChI=1S/C14H17N3OS/c1-2-11-8-16-12(19-11)9-17-14(18)13(15)10-6-4-3-5-7-10/h3-8,13H,2,9,15H2,1H3,(H,17,18). The van der Waals surface area contributed by atoms with Gasteiger partial charge in [-0.1, -0.05) is 37.3 Å². The van der Waals surface area contributed by atoms with Crippen LogP contribution in [0, 0.1) is 0 Å². The maximum atomic E-state index is 11.9. The number of rotatable bonds is 5. The first-order valence-electron chi connectivity index (χ1n) is 6.22. The van der Waals surface area contributed by atoms with Gasteiger partial charge in [0.1, 0.15) is 11.0 Å². The van der Waals surface area contributed by atoms with Gasteiger partial charge in [-0.2, -0.15) is 0 Å². The van der Waals surface area contributed by atoms with Crippen molar-refractivity contribution in [3.05, 3.63) is 52.0 Å². The lowest BCUT2D eigenvalue weighted by atomic mass is 10.1. The average molecular weight is 275 g/mol. The Balaban J connectivity index is 1.91. The lowest BCUT2D eigenvalue weighted by Crippen LogP contribution is -2.33. The normalized spacial score (nSPS) is 12.1. The lowest BCUT2D eigenvalue weighted by Gasteiger charge is -2.11. The van der Waals surface area contributed by atoms with Crippen LogP contribution in [0.1, 0.15) is 28.4 Å². The van der Waals surface area contributed by atoms with Crippen LogP contribution in [0.15, 0.2) is 36.5 Å². The van der Waals surface area contributed by atoms with Crippen LogP contribution in [0.2, 0.25) is 0 Å². The number of carbonyl (C=O) groups is 1. The molecule has 1 unspecified atom stereocenters. The highest BCUT2D eigenvalue weighted by molar-refractivity contribution is 7.11. The molecule has 1 amide bonds. The Kier molecular flexibility index (Phi) is 4.65. The van der Waals surface area contributed by atoms with Crippen molar-refractivity contribution in [2.45, 2.75) is 25.9 Å². The second kappa shape index (κ2) is 6.45. The Morgan fingerprint density at radius 1 is 1.42 bits per heavy atom. The highest BCUT2D eigenvalue weighted by atomic mass is 32.1. The summed E-state index contributed by atoms with van der Waals surface area (Å²) in [6, 6.07) is 8.71. The summed E-state index contributed by atoms with van der Waals surface area (Å²) in [6.07, 6.45) is 2.82. The molecule has 0 spiro atoms. The van der Waals surface area contributed by atoms with Crippen molar-refractivity contribution in [1.29, 1.82) is 0 Å². The molecule has 0 fully saturated rings. The molecule has 1 aromatic heterocycles. The van der Waals surface area contributed by atoms with E-state index in [1.54, 1.807) is 11.3 Å². The predicted molar refractivity (Wildman–Crippen MR) is 76.7 cm³/mol. The second-order valence-corrected chi connectivity index (χ2v) is 5.38. The number of nitrogens with zero attached hydrogens (tertiary/aromatic N) is 1. The number of aromatic nitrogens is 1. The zero-order valence-electron chi connectivity index (χ0n) is 10.8. The van der Waals surface area contributed by atoms with Crippen LogP contribution in [-0.2, 0) is 17.8 Å². The number of benzene rings is 1. The van der Waals surface area contributed by atoms with Gasteiger partial charge in [0.05, 0.1) is 6.54 Å². The largest absolute Gasteiger partial charge is 0.348 e. The van der Waals surface area contributed by atoms with Crippen molar-refractivity contribution < 1.29 is 4.79 Å². The molecule has 3 N–H and O–H groups in total. The third-order valence-corrected chi connectivity index (χ3v) is 3.95. The maximum absolute atomic E-state index is 11.9. The molecule has 2 rings (SSSR count). The summed E-state index contributed by atoms with van der Waals surface area (Å²) in [7, 11) is 0. The number of hydrogen-bond donors (Lipinski definition) is 2. The first-order chi connectivity index (χ1) is 9.20. The Morgan fingerprint density at radius 3 is 2.79 bits per heavy atom.